The van der Waals surface area contributed by atoms with E-state index in [0.29, 0.717) is 11.1 Å². The molecule has 0 amide bonds. The summed E-state index contributed by atoms with van der Waals surface area (Å²) in [6.07, 6.45) is -1.82. The lowest BCUT2D eigenvalue weighted by atomic mass is 9.95. The van der Waals surface area contributed by atoms with Crippen LogP contribution in [0.4, 0.5) is 0 Å². The topological polar surface area (TPSA) is 60.7 Å². The van der Waals surface area contributed by atoms with Crippen LogP contribution >= 0.6 is 0 Å². The molecule has 3 N–H and O–H groups in total. The Kier molecular flexibility index (Phi) is 3.85. The molecule has 0 saturated carbocycles. The second-order valence-corrected chi connectivity index (χ2v) is 3.92. The molecule has 15 heavy (non-hydrogen) atoms. The van der Waals surface area contributed by atoms with E-state index in [-0.39, 0.29) is 0 Å². The van der Waals surface area contributed by atoms with Crippen molar-refractivity contribution >= 4 is 0 Å². The molecule has 0 fully saturated rings. The van der Waals surface area contributed by atoms with Gasteiger partial charge in [-0.25, -0.2) is 0 Å². The summed E-state index contributed by atoms with van der Waals surface area (Å²) in [6, 6.07) is 5.24. The van der Waals surface area contributed by atoms with E-state index >= 15 is 0 Å². The lowest BCUT2D eigenvalue weighted by molar-refractivity contribution is 0.173. The molecular formula is C12H18O3. The third-order valence-corrected chi connectivity index (χ3v) is 2.49. The van der Waals surface area contributed by atoms with Crippen molar-refractivity contribution in [2.45, 2.75) is 39.1 Å². The highest BCUT2D eigenvalue weighted by Crippen LogP contribution is 2.26. The molecule has 3 atom stereocenters. The molecule has 0 saturated heterocycles. The van der Waals surface area contributed by atoms with Crippen molar-refractivity contribution in [3.8, 4) is 0 Å². The third kappa shape index (κ3) is 2.78. The maximum absolute atomic E-state index is 9.57. The Morgan fingerprint density at radius 1 is 0.800 bits per heavy atom. The van der Waals surface area contributed by atoms with E-state index in [9.17, 15) is 15.3 Å². The second-order valence-electron chi connectivity index (χ2n) is 3.92. The molecule has 3 heteroatoms. The largest absolute Gasteiger partial charge is 0.389 e. The first-order valence-corrected chi connectivity index (χ1v) is 5.11. The van der Waals surface area contributed by atoms with Crippen LogP contribution in [0.3, 0.4) is 0 Å². The Labute approximate surface area is 90.0 Å². The first kappa shape index (κ1) is 12.2. The van der Waals surface area contributed by atoms with Crippen LogP contribution in [0.1, 0.15) is 55.8 Å². The van der Waals surface area contributed by atoms with E-state index in [1.807, 2.05) is 0 Å². The highest BCUT2D eigenvalue weighted by molar-refractivity contribution is 5.35. The lowest BCUT2D eigenvalue weighted by Crippen LogP contribution is -2.04. The minimum Gasteiger partial charge on any atom is -0.389 e. The molecule has 0 bridgehead atoms. The summed E-state index contributed by atoms with van der Waals surface area (Å²) in [6.45, 7) is 4.97. The van der Waals surface area contributed by atoms with Crippen LogP contribution in [0.15, 0.2) is 18.2 Å². The molecule has 0 aliphatic heterocycles. The summed E-state index contributed by atoms with van der Waals surface area (Å²) >= 11 is 0. The molecule has 0 aromatic heterocycles. The highest BCUT2D eigenvalue weighted by atomic mass is 16.3. The van der Waals surface area contributed by atoms with Crippen LogP contribution in [0.2, 0.25) is 0 Å². The Hall–Kier alpha value is -0.900. The van der Waals surface area contributed by atoms with Gasteiger partial charge in [0.05, 0.1) is 18.3 Å². The number of hydrogen-bond acceptors (Lipinski definition) is 3. The van der Waals surface area contributed by atoms with Gasteiger partial charge in [0.1, 0.15) is 0 Å². The van der Waals surface area contributed by atoms with E-state index in [4.69, 9.17) is 0 Å². The van der Waals surface area contributed by atoms with Crippen molar-refractivity contribution in [2.24, 2.45) is 0 Å². The zero-order valence-corrected chi connectivity index (χ0v) is 9.31. The van der Waals surface area contributed by atoms with Gasteiger partial charge in [-0.05, 0) is 37.5 Å². The molecule has 1 rings (SSSR count). The van der Waals surface area contributed by atoms with Crippen molar-refractivity contribution in [3.63, 3.8) is 0 Å². The van der Waals surface area contributed by atoms with Gasteiger partial charge in [-0.15, -0.1) is 0 Å². The molecule has 3 nitrogen and oxygen atoms in total. The van der Waals surface area contributed by atoms with Crippen molar-refractivity contribution in [1.82, 2.24) is 0 Å². The Balaban J connectivity index is 3.21. The van der Waals surface area contributed by atoms with Crippen molar-refractivity contribution in [3.05, 3.63) is 34.9 Å². The fourth-order valence-electron chi connectivity index (χ4n) is 1.60. The minimum atomic E-state index is -0.645. The number of benzene rings is 1. The summed E-state index contributed by atoms with van der Waals surface area (Å²) in [5.74, 6) is 0. The molecule has 0 aliphatic carbocycles. The first-order valence-electron chi connectivity index (χ1n) is 5.11. The molecule has 1 aromatic rings. The number of hydrogen-bond donors (Lipinski definition) is 3. The van der Waals surface area contributed by atoms with E-state index in [1.54, 1.807) is 39.0 Å². The summed E-state index contributed by atoms with van der Waals surface area (Å²) in [4.78, 5) is 0. The van der Waals surface area contributed by atoms with Gasteiger partial charge < -0.3 is 15.3 Å². The minimum absolute atomic E-state index is 0.564. The van der Waals surface area contributed by atoms with Crippen molar-refractivity contribution < 1.29 is 15.3 Å². The van der Waals surface area contributed by atoms with E-state index < -0.39 is 18.3 Å². The maximum atomic E-state index is 9.57. The molecule has 0 aliphatic rings. The Morgan fingerprint density at radius 2 is 1.33 bits per heavy atom. The fourth-order valence-corrected chi connectivity index (χ4v) is 1.60. The van der Waals surface area contributed by atoms with Crippen LogP contribution in [0.5, 0.6) is 0 Å². The average Bonchev–Trinajstić information content (AvgIpc) is 2.16. The average molecular weight is 210 g/mol. The summed E-state index contributed by atoms with van der Waals surface area (Å²) in [7, 11) is 0. The first-order chi connectivity index (χ1) is 6.93. The summed E-state index contributed by atoms with van der Waals surface area (Å²) in [5.41, 5.74) is 2.12. The second kappa shape index (κ2) is 4.75. The summed E-state index contributed by atoms with van der Waals surface area (Å²) in [5, 5.41) is 28.5. The van der Waals surface area contributed by atoms with Crippen LogP contribution in [-0.2, 0) is 0 Å². The normalized spacial score (nSPS) is 17.2. The van der Waals surface area contributed by atoms with Gasteiger partial charge in [0.25, 0.3) is 0 Å². The number of aliphatic hydroxyl groups is 3. The number of rotatable bonds is 3. The standard InChI is InChI=1S/C12H18O3/c1-7(13)10-4-5-11(8(2)14)12(6-10)9(3)15/h4-9,13-15H,1-3H3. The molecule has 0 heterocycles. The molecule has 1 aromatic carbocycles. The van der Waals surface area contributed by atoms with Gasteiger partial charge in [0.15, 0.2) is 0 Å². The van der Waals surface area contributed by atoms with Gasteiger partial charge in [-0.1, -0.05) is 18.2 Å². The van der Waals surface area contributed by atoms with Gasteiger partial charge >= 0.3 is 0 Å². The molecule has 0 radical (unpaired) electrons. The van der Waals surface area contributed by atoms with Gasteiger partial charge in [-0.2, -0.15) is 0 Å². The molecular weight excluding hydrogens is 192 g/mol. The van der Waals surface area contributed by atoms with E-state index in [0.717, 1.165) is 5.56 Å². The van der Waals surface area contributed by atoms with Crippen LogP contribution in [-0.4, -0.2) is 15.3 Å². The quantitative estimate of drug-likeness (QED) is 0.713. The summed E-state index contributed by atoms with van der Waals surface area (Å²) < 4.78 is 0. The zero-order chi connectivity index (χ0) is 11.6. The predicted octanol–water partition coefficient (Wildman–Crippen LogP) is 1.85. The van der Waals surface area contributed by atoms with Gasteiger partial charge in [0, 0.05) is 0 Å². The smallest absolute Gasteiger partial charge is 0.0765 e. The molecule has 84 valence electrons. The Bertz CT molecular complexity index is 330. The SMILES string of the molecule is CC(O)c1ccc(C(C)O)c(C(C)O)c1. The monoisotopic (exact) mass is 210 g/mol. The lowest BCUT2D eigenvalue weighted by Gasteiger charge is -2.16. The maximum Gasteiger partial charge on any atom is 0.0765 e. The van der Waals surface area contributed by atoms with Crippen LogP contribution in [0, 0.1) is 0 Å². The van der Waals surface area contributed by atoms with Crippen LogP contribution in [0.25, 0.3) is 0 Å². The van der Waals surface area contributed by atoms with Gasteiger partial charge in [-0.3, -0.25) is 0 Å². The molecule has 0 spiro atoms. The molecule has 3 unspecified atom stereocenters. The Morgan fingerprint density at radius 3 is 1.73 bits per heavy atom. The number of aliphatic hydroxyl groups excluding tert-OH is 3. The zero-order valence-electron chi connectivity index (χ0n) is 9.31. The highest BCUT2D eigenvalue weighted by Gasteiger charge is 2.13. The fraction of sp³-hybridized carbons (Fsp3) is 0.500. The predicted molar refractivity (Wildman–Crippen MR) is 58.3 cm³/mol. The van der Waals surface area contributed by atoms with Gasteiger partial charge in [0.2, 0.25) is 0 Å². The van der Waals surface area contributed by atoms with E-state index in [1.165, 1.54) is 0 Å². The van der Waals surface area contributed by atoms with Crippen molar-refractivity contribution in [1.29, 1.82) is 0 Å². The van der Waals surface area contributed by atoms with Crippen LogP contribution < -0.4 is 0 Å². The van der Waals surface area contributed by atoms with Crippen molar-refractivity contribution in [2.75, 3.05) is 0 Å². The van der Waals surface area contributed by atoms with E-state index in [2.05, 4.69) is 0 Å². The third-order valence-electron chi connectivity index (χ3n) is 2.49.